The molecule has 0 bridgehead atoms. The summed E-state index contributed by atoms with van der Waals surface area (Å²) in [6, 6.07) is 0. The topological polar surface area (TPSA) is 86.2 Å². The molecule has 0 N–H and O–H groups in total. The van der Waals surface area contributed by atoms with E-state index in [9.17, 15) is 0 Å². The number of rotatable bonds is 0. The molecule has 0 amide bonds. The van der Waals surface area contributed by atoms with Crippen LogP contribution in [-0.2, 0) is 24.4 Å². The maximum atomic E-state index is 8.55. The first-order valence-corrected chi connectivity index (χ1v) is 2.19. The molecule has 0 aromatic rings. The molecule has 4 nitrogen and oxygen atoms in total. The van der Waals surface area contributed by atoms with E-state index in [-0.39, 0.29) is 19.8 Å². The van der Waals surface area contributed by atoms with Gasteiger partial charge < -0.3 is 19.2 Å². The number of phosphoric acid groups is 1. The normalized spacial score (nSPS) is 9.83. The first-order chi connectivity index (χ1) is 2.00. The van der Waals surface area contributed by atoms with Crippen molar-refractivity contribution in [3.63, 3.8) is 0 Å². The molecule has 6 heavy (non-hydrogen) atoms. The van der Waals surface area contributed by atoms with Gasteiger partial charge in [-0.3, -0.25) is 0 Å². The van der Waals surface area contributed by atoms with E-state index in [1.165, 1.54) is 0 Å². The fourth-order valence-corrected chi connectivity index (χ4v) is 0. The van der Waals surface area contributed by atoms with E-state index in [2.05, 4.69) is 0 Å². The largest absolute Gasteiger partial charge is 3.00 e. The Morgan fingerprint density at radius 2 is 1.17 bits per heavy atom. The predicted molar refractivity (Wildman–Crippen MR) is 7.61 cm³/mol. The molecule has 0 aliphatic rings. The Kier molecular flexibility index (Phi) is 4.69. The second-order valence-electron chi connectivity index (χ2n) is 0.447. The molecule has 0 aliphatic heterocycles. The van der Waals surface area contributed by atoms with Crippen LogP contribution in [0.1, 0.15) is 0 Å². The van der Waals surface area contributed by atoms with E-state index in [4.69, 9.17) is 19.2 Å². The molecule has 0 heterocycles. The van der Waals surface area contributed by atoms with Gasteiger partial charge in [0.15, 0.2) is 0 Å². The van der Waals surface area contributed by atoms with E-state index < -0.39 is 7.82 Å². The summed E-state index contributed by atoms with van der Waals surface area (Å²) in [5.74, 6) is 0. The molecule has 0 rings (SSSR count). The van der Waals surface area contributed by atoms with Gasteiger partial charge in [0.25, 0.3) is 0 Å². The van der Waals surface area contributed by atoms with Gasteiger partial charge in [0.1, 0.15) is 0 Å². The Bertz CT molecular complexity index is 53.7. The Morgan fingerprint density at radius 3 is 1.17 bits per heavy atom. The van der Waals surface area contributed by atoms with Crippen LogP contribution in [0.3, 0.4) is 0 Å². The molecule has 37 valence electrons. The third-order valence-electron chi connectivity index (χ3n) is 0. The maximum Gasteiger partial charge on any atom is 3.00 e. The molecule has 6 heteroatoms. The van der Waals surface area contributed by atoms with Crippen LogP contribution in [0.2, 0.25) is 0 Å². The summed E-state index contributed by atoms with van der Waals surface area (Å²) in [6.45, 7) is 0. The average molecular weight is 285 g/mol. The van der Waals surface area contributed by atoms with Crippen LogP contribution in [0.5, 0.6) is 0 Å². The third-order valence-corrected chi connectivity index (χ3v) is 0. The quantitative estimate of drug-likeness (QED) is 0.449. The van der Waals surface area contributed by atoms with E-state index in [1.807, 2.05) is 0 Å². The van der Waals surface area contributed by atoms with Gasteiger partial charge in [-0.2, -0.15) is 7.82 Å². The molecule has 0 aromatic heterocycles. The van der Waals surface area contributed by atoms with Crippen molar-refractivity contribution in [2.75, 3.05) is 0 Å². The summed E-state index contributed by atoms with van der Waals surface area (Å²) in [4.78, 5) is 25.6. The van der Waals surface area contributed by atoms with Crippen molar-refractivity contribution in [3.8, 4) is 0 Å². The summed E-state index contributed by atoms with van der Waals surface area (Å²) < 4.78 is 8.55. The second-order valence-corrected chi connectivity index (χ2v) is 1.34. The van der Waals surface area contributed by atoms with Crippen LogP contribution < -0.4 is 14.7 Å². The molecule has 0 saturated carbocycles. The van der Waals surface area contributed by atoms with Crippen LogP contribution in [0.4, 0.5) is 0 Å². The summed E-state index contributed by atoms with van der Waals surface area (Å²) in [5, 5.41) is 0. The van der Waals surface area contributed by atoms with Crippen LogP contribution in [-0.4, -0.2) is 0 Å². The zero-order chi connectivity index (χ0) is 4.50. The summed E-state index contributed by atoms with van der Waals surface area (Å²) in [5.41, 5.74) is 0. The molecule has 0 atom stereocenters. The monoisotopic (exact) mass is 287 g/mol. The van der Waals surface area contributed by atoms with Crippen molar-refractivity contribution >= 4 is 7.82 Å². The molecular formula is O4OsP. The minimum atomic E-state index is -5.39. The molecule has 1 radical (unpaired) electrons. The van der Waals surface area contributed by atoms with Gasteiger partial charge in [0.05, 0.1) is 0 Å². The van der Waals surface area contributed by atoms with Gasteiger partial charge in [-0.1, -0.05) is 0 Å². The minimum Gasteiger partial charge on any atom is -0.822 e. The fourth-order valence-electron chi connectivity index (χ4n) is 0. The van der Waals surface area contributed by atoms with Crippen LogP contribution >= 0.6 is 7.82 Å². The summed E-state index contributed by atoms with van der Waals surface area (Å²) in [6.07, 6.45) is 0. The van der Waals surface area contributed by atoms with Crippen molar-refractivity contribution in [3.05, 3.63) is 0 Å². The van der Waals surface area contributed by atoms with E-state index in [1.54, 1.807) is 0 Å². The first-order valence-electron chi connectivity index (χ1n) is 0.730. The average Bonchev–Trinajstić information content (AvgIpc) is 0.722. The molecular weight excluding hydrogens is 285 g/mol. The van der Waals surface area contributed by atoms with Crippen molar-refractivity contribution in [1.29, 1.82) is 0 Å². The first kappa shape index (κ1) is 9.89. The number of hydrogen-bond donors (Lipinski definition) is 0. The van der Waals surface area contributed by atoms with Crippen molar-refractivity contribution in [1.82, 2.24) is 0 Å². The van der Waals surface area contributed by atoms with Gasteiger partial charge in [0, 0.05) is 0 Å². The maximum absolute atomic E-state index is 8.55. The Labute approximate surface area is 47.5 Å². The van der Waals surface area contributed by atoms with Gasteiger partial charge in [-0.25, -0.2) is 0 Å². The Hall–Kier alpha value is 0.746. The standard InChI is InChI=1S/H3O4P.Os/c1-5(2,3)4;/h(H3,1,2,3,4);/q;+3/p-3. The fraction of sp³-hybridized carbons (Fsp3) is 0. The van der Waals surface area contributed by atoms with Crippen LogP contribution in [0.15, 0.2) is 0 Å². The molecule has 0 spiro atoms. The van der Waals surface area contributed by atoms with E-state index >= 15 is 0 Å². The SMILES string of the molecule is O=P([O-])([O-])[O-].[Os+3]. The predicted octanol–water partition coefficient (Wildman–Crippen LogP) is -2.83. The Balaban J connectivity index is 0. The summed E-state index contributed by atoms with van der Waals surface area (Å²) >= 11 is 0. The van der Waals surface area contributed by atoms with Crippen LogP contribution in [0, 0.1) is 0 Å². The third kappa shape index (κ3) is 120. The number of hydrogen-bond acceptors (Lipinski definition) is 4. The van der Waals surface area contributed by atoms with Gasteiger partial charge >= 0.3 is 19.8 Å². The minimum absolute atomic E-state index is 0. The second kappa shape index (κ2) is 2.84. The van der Waals surface area contributed by atoms with Crippen molar-refractivity contribution in [2.24, 2.45) is 0 Å². The molecule has 0 fully saturated rings. The summed E-state index contributed by atoms with van der Waals surface area (Å²) in [7, 11) is -5.39. The van der Waals surface area contributed by atoms with E-state index in [0.717, 1.165) is 0 Å². The van der Waals surface area contributed by atoms with Gasteiger partial charge in [-0.05, 0) is 0 Å². The molecule has 0 aliphatic carbocycles. The van der Waals surface area contributed by atoms with Crippen molar-refractivity contribution in [2.45, 2.75) is 0 Å². The smallest absolute Gasteiger partial charge is 0.822 e. The van der Waals surface area contributed by atoms with Crippen LogP contribution in [0.25, 0.3) is 0 Å². The zero-order valence-electron chi connectivity index (χ0n) is 2.43. The Morgan fingerprint density at radius 1 is 1.17 bits per heavy atom. The molecule has 0 saturated heterocycles. The molecule has 0 aromatic carbocycles. The van der Waals surface area contributed by atoms with E-state index in [0.29, 0.717) is 0 Å². The van der Waals surface area contributed by atoms with Gasteiger partial charge in [-0.15, -0.1) is 0 Å². The zero-order valence-corrected chi connectivity index (χ0v) is 5.87. The van der Waals surface area contributed by atoms with Gasteiger partial charge in [0.2, 0.25) is 0 Å². The molecule has 0 unspecified atom stereocenters. The van der Waals surface area contributed by atoms with Crippen molar-refractivity contribution < 1.29 is 39.0 Å².